The first-order valence-corrected chi connectivity index (χ1v) is 12.9. The molecule has 3 N–H and O–H groups in total. The second-order valence-corrected chi connectivity index (χ2v) is 11.0. The fraction of sp³-hybridized carbons (Fsp3) is 0.538. The van der Waals surface area contributed by atoms with Gasteiger partial charge >= 0.3 is 6.01 Å². The molecular formula is C26H28N8O3. The van der Waals surface area contributed by atoms with E-state index in [1.54, 1.807) is 6.20 Å². The molecule has 3 aromatic rings. The van der Waals surface area contributed by atoms with E-state index in [1.807, 2.05) is 17.0 Å². The molecule has 5 aliphatic rings. The first kappa shape index (κ1) is 22.4. The van der Waals surface area contributed by atoms with Crippen LogP contribution in [-0.4, -0.2) is 66.4 Å². The molecule has 3 aromatic heterocycles. The molecule has 1 saturated heterocycles. The summed E-state index contributed by atoms with van der Waals surface area (Å²) in [5, 5.41) is 22.7. The maximum Gasteiger partial charge on any atom is 0.321 e. The summed E-state index contributed by atoms with van der Waals surface area (Å²) >= 11 is 0. The maximum absolute atomic E-state index is 13.1. The highest BCUT2D eigenvalue weighted by Crippen LogP contribution is 2.57. The van der Waals surface area contributed by atoms with Crippen LogP contribution in [0.2, 0.25) is 0 Å². The zero-order valence-electron chi connectivity index (χ0n) is 20.4. The molecule has 11 heteroatoms. The number of aromatic nitrogens is 6. The minimum Gasteiger partial charge on any atom is -0.463 e. The number of amides is 1. The third-order valence-electron chi connectivity index (χ3n) is 8.44. The van der Waals surface area contributed by atoms with Crippen LogP contribution in [0.1, 0.15) is 54.8 Å². The molecule has 0 aromatic carbocycles. The van der Waals surface area contributed by atoms with Crippen LogP contribution < -0.4 is 15.0 Å². The number of piperidine rings is 1. The molecule has 2 bridgehead atoms. The molecule has 0 unspecified atom stereocenters. The zero-order valence-corrected chi connectivity index (χ0v) is 20.4. The summed E-state index contributed by atoms with van der Waals surface area (Å²) in [5.41, 5.74) is 0.0488. The molecule has 2 atom stereocenters. The molecule has 1 amide bonds. The number of aliphatic hydroxyl groups is 1. The number of hydrogen-bond donors (Lipinski definition) is 3. The van der Waals surface area contributed by atoms with Crippen molar-refractivity contribution < 1.29 is 14.6 Å². The van der Waals surface area contributed by atoms with Crippen molar-refractivity contribution in [2.24, 2.45) is 17.8 Å². The third kappa shape index (κ3) is 3.87. The number of anilines is 1. The molecule has 4 saturated carbocycles. The number of terminal acetylenes is 1. The smallest absolute Gasteiger partial charge is 0.321 e. The van der Waals surface area contributed by atoms with Gasteiger partial charge in [-0.1, -0.05) is 0 Å². The van der Waals surface area contributed by atoms with Crippen LogP contribution >= 0.6 is 0 Å². The van der Waals surface area contributed by atoms with E-state index in [0.29, 0.717) is 49.8 Å². The molecule has 1 aliphatic heterocycles. The van der Waals surface area contributed by atoms with E-state index in [4.69, 9.17) is 11.2 Å². The summed E-state index contributed by atoms with van der Waals surface area (Å²) < 4.78 is 5.88. The van der Waals surface area contributed by atoms with Crippen molar-refractivity contribution in [3.05, 3.63) is 29.8 Å². The van der Waals surface area contributed by atoms with Gasteiger partial charge in [0.15, 0.2) is 5.65 Å². The Labute approximate surface area is 213 Å². The summed E-state index contributed by atoms with van der Waals surface area (Å²) in [4.78, 5) is 32.7. The summed E-state index contributed by atoms with van der Waals surface area (Å²) in [6.07, 6.45) is 12.0. The van der Waals surface area contributed by atoms with Crippen LogP contribution in [0.15, 0.2) is 18.3 Å². The molecule has 37 heavy (non-hydrogen) atoms. The summed E-state index contributed by atoms with van der Waals surface area (Å²) in [5.74, 6) is 4.12. The van der Waals surface area contributed by atoms with Crippen LogP contribution in [-0.2, 0) is 5.60 Å². The van der Waals surface area contributed by atoms with E-state index in [0.717, 1.165) is 37.0 Å². The number of pyridine rings is 1. The number of aromatic amines is 1. The van der Waals surface area contributed by atoms with Crippen LogP contribution in [0.4, 0.5) is 5.95 Å². The predicted octanol–water partition coefficient (Wildman–Crippen LogP) is 1.56. The number of fused-ring (bicyclic) bond motifs is 1. The average Bonchev–Trinajstić information content (AvgIpc) is 3.50. The second kappa shape index (κ2) is 8.11. The van der Waals surface area contributed by atoms with Crippen molar-refractivity contribution in [3.63, 3.8) is 0 Å². The highest BCUT2D eigenvalue weighted by molar-refractivity contribution is 5.91. The molecule has 5 fully saturated rings. The lowest BCUT2D eigenvalue weighted by molar-refractivity contribution is -0.0441. The minimum atomic E-state index is -1.11. The van der Waals surface area contributed by atoms with Gasteiger partial charge in [-0.25, -0.2) is 4.98 Å². The van der Waals surface area contributed by atoms with Crippen molar-refractivity contribution in [3.8, 4) is 18.4 Å². The Morgan fingerprint density at radius 1 is 1.27 bits per heavy atom. The fourth-order valence-corrected chi connectivity index (χ4v) is 5.92. The third-order valence-corrected chi connectivity index (χ3v) is 8.44. The number of H-pyrrole nitrogens is 1. The molecule has 190 valence electrons. The van der Waals surface area contributed by atoms with E-state index < -0.39 is 5.60 Å². The van der Waals surface area contributed by atoms with E-state index in [1.165, 1.54) is 0 Å². The van der Waals surface area contributed by atoms with E-state index in [2.05, 4.69) is 41.4 Å². The topological polar surface area (TPSA) is 142 Å². The number of hydrogen-bond acceptors (Lipinski definition) is 9. The minimum absolute atomic E-state index is 0.0548. The SMILES string of the molecule is C#C[C@@H]1C[C@@H]1COc1nc(C(=O)NC23CC(C2)C3)nc(N2CCC(O)(c3n[nH]c4ncccc34)CC2)n1. The van der Waals surface area contributed by atoms with Gasteiger partial charge in [0.1, 0.15) is 11.3 Å². The Kier molecular flexibility index (Phi) is 4.92. The molecule has 4 heterocycles. The highest BCUT2D eigenvalue weighted by Gasteiger charge is 2.57. The maximum atomic E-state index is 13.1. The average molecular weight is 501 g/mol. The van der Waals surface area contributed by atoms with Gasteiger partial charge in [-0.3, -0.25) is 9.89 Å². The first-order valence-electron chi connectivity index (χ1n) is 12.9. The lowest BCUT2D eigenvalue weighted by Gasteiger charge is -2.61. The van der Waals surface area contributed by atoms with Gasteiger partial charge in [0.2, 0.25) is 11.8 Å². The molecule has 4 aliphatic carbocycles. The van der Waals surface area contributed by atoms with Crippen LogP contribution in [0.25, 0.3) is 11.0 Å². The molecule has 0 radical (unpaired) electrons. The quantitative estimate of drug-likeness (QED) is 0.412. The highest BCUT2D eigenvalue weighted by atomic mass is 16.5. The summed E-state index contributed by atoms with van der Waals surface area (Å²) in [7, 11) is 0. The van der Waals surface area contributed by atoms with Crippen molar-refractivity contribution in [2.75, 3.05) is 24.6 Å². The van der Waals surface area contributed by atoms with Crippen molar-refractivity contribution >= 4 is 22.9 Å². The number of carbonyl (C=O) groups is 1. The largest absolute Gasteiger partial charge is 0.463 e. The molecule has 8 rings (SSSR count). The van der Waals surface area contributed by atoms with E-state index in [9.17, 15) is 9.90 Å². The van der Waals surface area contributed by atoms with Gasteiger partial charge in [0.05, 0.1) is 6.61 Å². The lowest BCUT2D eigenvalue weighted by atomic mass is 9.50. The summed E-state index contributed by atoms with van der Waals surface area (Å²) in [6.45, 7) is 1.36. The lowest BCUT2D eigenvalue weighted by Crippen LogP contribution is -2.68. The Balaban J connectivity index is 1.11. The van der Waals surface area contributed by atoms with Gasteiger partial charge in [-0.05, 0) is 56.6 Å². The molecule has 11 nitrogen and oxygen atoms in total. The van der Waals surface area contributed by atoms with E-state index >= 15 is 0 Å². The van der Waals surface area contributed by atoms with Gasteiger partial charge in [-0.15, -0.1) is 12.3 Å². The van der Waals surface area contributed by atoms with Crippen LogP contribution in [0.5, 0.6) is 6.01 Å². The Hall–Kier alpha value is -3.78. The molecule has 0 spiro atoms. The number of nitrogens with zero attached hydrogens (tertiary/aromatic N) is 6. The normalized spacial score (nSPS) is 29.1. The van der Waals surface area contributed by atoms with Gasteiger partial charge in [0.25, 0.3) is 5.91 Å². The number of nitrogens with one attached hydrogen (secondary N) is 2. The zero-order chi connectivity index (χ0) is 25.2. The van der Waals surface area contributed by atoms with E-state index in [-0.39, 0.29) is 35.1 Å². The Morgan fingerprint density at radius 3 is 2.78 bits per heavy atom. The Bertz CT molecular complexity index is 1410. The second-order valence-electron chi connectivity index (χ2n) is 11.0. The number of ether oxygens (including phenoxy) is 1. The van der Waals surface area contributed by atoms with Crippen molar-refractivity contribution in [1.82, 2.24) is 35.5 Å². The van der Waals surface area contributed by atoms with Gasteiger partial charge < -0.3 is 20.1 Å². The molecular weight excluding hydrogens is 472 g/mol. The standard InChI is InChI=1S/C26H28N8O3/c1-2-16-10-17(16)14-37-24-29-21(22(35)31-25-11-15(12-25)13-25)28-23(30-24)34-8-5-26(36,6-9-34)19-18-4-3-7-27-20(18)33-32-19/h1,3-4,7,15-17,36H,5-6,8-14H2,(H,31,35)(H,27,32,33)/t15?,16-,17-,25?/m1/s1. The van der Waals surface area contributed by atoms with Crippen molar-refractivity contribution in [1.29, 1.82) is 0 Å². The van der Waals surface area contributed by atoms with Gasteiger partial charge in [0, 0.05) is 42.0 Å². The number of rotatable bonds is 7. The number of carbonyl (C=O) groups excluding carboxylic acids is 1. The fourth-order valence-electron chi connectivity index (χ4n) is 5.92. The predicted molar refractivity (Wildman–Crippen MR) is 133 cm³/mol. The van der Waals surface area contributed by atoms with Crippen LogP contribution in [0, 0.1) is 30.1 Å². The summed E-state index contributed by atoms with van der Waals surface area (Å²) in [6, 6.07) is 3.86. The monoisotopic (exact) mass is 500 g/mol. The van der Waals surface area contributed by atoms with Crippen LogP contribution in [0.3, 0.4) is 0 Å². The van der Waals surface area contributed by atoms with Crippen molar-refractivity contribution in [2.45, 2.75) is 49.7 Å². The van der Waals surface area contributed by atoms with Gasteiger partial charge in [-0.2, -0.15) is 20.1 Å². The Morgan fingerprint density at radius 2 is 2.08 bits per heavy atom. The first-order chi connectivity index (χ1) is 17.9.